The molecule has 0 bridgehead atoms. The number of carbonyl (C=O) groups excluding carboxylic acids is 1. The topological polar surface area (TPSA) is 38.3 Å². The molecule has 1 N–H and O–H groups in total. The molecular weight excluding hydrogens is 282 g/mol. The summed E-state index contributed by atoms with van der Waals surface area (Å²) in [7, 11) is 0. The zero-order valence-electron chi connectivity index (χ0n) is 10.4. The predicted molar refractivity (Wildman–Crippen MR) is 73.1 cm³/mol. The summed E-state index contributed by atoms with van der Waals surface area (Å²) in [5.74, 6) is -0.224. The van der Waals surface area contributed by atoms with Crippen LogP contribution in [0.3, 0.4) is 0 Å². The van der Waals surface area contributed by atoms with Gasteiger partial charge in [0.05, 0.1) is 6.61 Å². The van der Waals surface area contributed by atoms with E-state index in [1.807, 2.05) is 45.0 Å². The second kappa shape index (κ2) is 6.05. The lowest BCUT2D eigenvalue weighted by atomic mass is 9.98. The van der Waals surface area contributed by atoms with E-state index in [2.05, 4.69) is 21.2 Å². The maximum Gasteiger partial charge on any atom is 0.331 e. The molecule has 3 nitrogen and oxygen atoms in total. The maximum absolute atomic E-state index is 11.9. The van der Waals surface area contributed by atoms with E-state index in [4.69, 9.17) is 4.74 Å². The molecule has 0 saturated heterocycles. The fourth-order valence-corrected chi connectivity index (χ4v) is 1.82. The number of hydrogen-bond donors (Lipinski definition) is 1. The van der Waals surface area contributed by atoms with Gasteiger partial charge in [-0.25, -0.2) is 4.79 Å². The first-order valence-corrected chi connectivity index (χ1v) is 6.52. The molecule has 0 aliphatic rings. The summed E-state index contributed by atoms with van der Waals surface area (Å²) in [6.07, 6.45) is 0.660. The van der Waals surface area contributed by atoms with Crippen LogP contribution < -0.4 is 5.32 Å². The minimum absolute atomic E-state index is 0.224. The second-order valence-electron chi connectivity index (χ2n) is 4.01. The molecule has 0 radical (unpaired) electrons. The van der Waals surface area contributed by atoms with Gasteiger partial charge in [0, 0.05) is 10.2 Å². The normalized spacial score (nSPS) is 13.9. The minimum atomic E-state index is -0.695. The van der Waals surface area contributed by atoms with Crippen LogP contribution in [-0.2, 0) is 9.53 Å². The van der Waals surface area contributed by atoms with E-state index < -0.39 is 5.54 Å². The van der Waals surface area contributed by atoms with Crippen molar-refractivity contribution in [1.82, 2.24) is 0 Å². The fraction of sp³-hybridized carbons (Fsp3) is 0.462. The first-order valence-electron chi connectivity index (χ1n) is 5.73. The Morgan fingerprint density at radius 3 is 2.59 bits per heavy atom. The van der Waals surface area contributed by atoms with Crippen LogP contribution in [0.5, 0.6) is 0 Å². The van der Waals surface area contributed by atoms with Crippen LogP contribution in [0, 0.1) is 0 Å². The van der Waals surface area contributed by atoms with Gasteiger partial charge in [-0.05, 0) is 48.3 Å². The van der Waals surface area contributed by atoms with Crippen LogP contribution in [0.4, 0.5) is 5.69 Å². The van der Waals surface area contributed by atoms with E-state index in [1.54, 1.807) is 0 Å². The third-order valence-electron chi connectivity index (χ3n) is 2.72. The Bertz CT molecular complexity index is 395. The molecule has 0 aliphatic carbocycles. The van der Waals surface area contributed by atoms with Gasteiger partial charge in [0.25, 0.3) is 0 Å². The molecule has 0 saturated carbocycles. The Morgan fingerprint density at radius 2 is 2.06 bits per heavy atom. The van der Waals surface area contributed by atoms with Gasteiger partial charge in [-0.3, -0.25) is 0 Å². The van der Waals surface area contributed by atoms with Crippen molar-refractivity contribution in [1.29, 1.82) is 0 Å². The summed E-state index contributed by atoms with van der Waals surface area (Å²) >= 11 is 3.45. The quantitative estimate of drug-likeness (QED) is 0.845. The highest BCUT2D eigenvalue weighted by Crippen LogP contribution is 2.26. The van der Waals surface area contributed by atoms with Crippen molar-refractivity contribution < 1.29 is 9.53 Å². The standard InChI is InChI=1S/C13H18BrNO2/c1-4-13(3,12(16)17-5-2)15-11-9-7-6-8-10(11)14/h6-9,15H,4-5H2,1-3H3. The van der Waals surface area contributed by atoms with Crippen molar-refractivity contribution >= 4 is 27.6 Å². The van der Waals surface area contributed by atoms with Gasteiger partial charge in [0.2, 0.25) is 0 Å². The number of rotatable bonds is 5. The highest BCUT2D eigenvalue weighted by Gasteiger charge is 2.33. The van der Waals surface area contributed by atoms with Gasteiger partial charge in [-0.2, -0.15) is 0 Å². The Balaban J connectivity index is 2.89. The van der Waals surface area contributed by atoms with Crippen LogP contribution in [-0.4, -0.2) is 18.1 Å². The summed E-state index contributed by atoms with van der Waals surface area (Å²) in [6, 6.07) is 7.72. The van der Waals surface area contributed by atoms with Gasteiger partial charge in [0.15, 0.2) is 0 Å². The fourth-order valence-electron chi connectivity index (χ4n) is 1.43. The molecule has 1 aromatic carbocycles. The number of para-hydroxylation sites is 1. The Labute approximate surface area is 111 Å². The van der Waals surface area contributed by atoms with Crippen molar-refractivity contribution in [2.45, 2.75) is 32.7 Å². The van der Waals surface area contributed by atoms with Crippen LogP contribution in [0.15, 0.2) is 28.7 Å². The van der Waals surface area contributed by atoms with Gasteiger partial charge in [0.1, 0.15) is 5.54 Å². The van der Waals surface area contributed by atoms with Gasteiger partial charge in [-0.1, -0.05) is 19.1 Å². The van der Waals surface area contributed by atoms with E-state index in [0.29, 0.717) is 13.0 Å². The first-order chi connectivity index (χ1) is 8.03. The minimum Gasteiger partial charge on any atom is -0.464 e. The largest absolute Gasteiger partial charge is 0.464 e. The molecule has 0 heterocycles. The summed E-state index contributed by atoms with van der Waals surface area (Å²) in [6.45, 7) is 6.02. The van der Waals surface area contributed by atoms with Crippen LogP contribution >= 0.6 is 15.9 Å². The number of halogens is 1. The van der Waals surface area contributed by atoms with E-state index in [1.165, 1.54) is 0 Å². The smallest absolute Gasteiger partial charge is 0.331 e. The van der Waals surface area contributed by atoms with Crippen molar-refractivity contribution in [2.24, 2.45) is 0 Å². The average Bonchev–Trinajstić information content (AvgIpc) is 2.32. The monoisotopic (exact) mass is 299 g/mol. The molecule has 1 unspecified atom stereocenters. The molecule has 0 amide bonds. The van der Waals surface area contributed by atoms with Crippen LogP contribution in [0.25, 0.3) is 0 Å². The molecule has 1 rings (SSSR count). The maximum atomic E-state index is 11.9. The van der Waals surface area contributed by atoms with Gasteiger partial charge < -0.3 is 10.1 Å². The molecule has 0 spiro atoms. The molecule has 0 aliphatic heterocycles. The Hall–Kier alpha value is -1.03. The number of anilines is 1. The third kappa shape index (κ3) is 3.46. The molecule has 0 aromatic heterocycles. The predicted octanol–water partition coefficient (Wildman–Crippen LogP) is 3.59. The lowest BCUT2D eigenvalue weighted by Crippen LogP contribution is -2.44. The van der Waals surface area contributed by atoms with E-state index in [-0.39, 0.29) is 5.97 Å². The number of esters is 1. The van der Waals surface area contributed by atoms with Gasteiger partial charge >= 0.3 is 5.97 Å². The van der Waals surface area contributed by atoms with Crippen LogP contribution in [0.1, 0.15) is 27.2 Å². The lowest BCUT2D eigenvalue weighted by Gasteiger charge is -2.28. The summed E-state index contributed by atoms with van der Waals surface area (Å²) in [4.78, 5) is 11.9. The summed E-state index contributed by atoms with van der Waals surface area (Å²) < 4.78 is 6.03. The molecule has 4 heteroatoms. The zero-order valence-corrected chi connectivity index (χ0v) is 12.0. The summed E-state index contributed by atoms with van der Waals surface area (Å²) in [5.41, 5.74) is 0.199. The zero-order chi connectivity index (χ0) is 12.9. The van der Waals surface area contributed by atoms with Crippen molar-refractivity contribution in [3.63, 3.8) is 0 Å². The van der Waals surface area contributed by atoms with E-state index in [9.17, 15) is 4.79 Å². The molecule has 1 aromatic rings. The van der Waals surface area contributed by atoms with E-state index in [0.717, 1.165) is 10.2 Å². The Morgan fingerprint density at radius 1 is 1.41 bits per heavy atom. The lowest BCUT2D eigenvalue weighted by molar-refractivity contribution is -0.148. The SMILES string of the molecule is CCOC(=O)C(C)(CC)Nc1ccccc1Br. The van der Waals surface area contributed by atoms with Crippen molar-refractivity contribution in [3.05, 3.63) is 28.7 Å². The second-order valence-corrected chi connectivity index (χ2v) is 4.87. The molecular formula is C13H18BrNO2. The van der Waals surface area contributed by atoms with Crippen molar-refractivity contribution in [2.75, 3.05) is 11.9 Å². The highest BCUT2D eigenvalue weighted by molar-refractivity contribution is 9.10. The number of carbonyl (C=O) groups is 1. The Kier molecular flexibility index (Phi) is 5.00. The number of benzene rings is 1. The molecule has 94 valence electrons. The third-order valence-corrected chi connectivity index (χ3v) is 3.41. The van der Waals surface area contributed by atoms with Gasteiger partial charge in [-0.15, -0.1) is 0 Å². The number of nitrogens with one attached hydrogen (secondary N) is 1. The average molecular weight is 300 g/mol. The van der Waals surface area contributed by atoms with Crippen LogP contribution in [0.2, 0.25) is 0 Å². The summed E-state index contributed by atoms with van der Waals surface area (Å²) in [5, 5.41) is 3.24. The molecule has 0 fully saturated rings. The molecule has 17 heavy (non-hydrogen) atoms. The van der Waals surface area contributed by atoms with E-state index >= 15 is 0 Å². The molecule has 1 atom stereocenters. The highest BCUT2D eigenvalue weighted by atomic mass is 79.9. The van der Waals surface area contributed by atoms with Crippen molar-refractivity contribution in [3.8, 4) is 0 Å². The first kappa shape index (κ1) is 14.0. The number of hydrogen-bond acceptors (Lipinski definition) is 3. The number of ether oxygens (including phenoxy) is 1.